The molecule has 15 heavy (non-hydrogen) atoms. The Labute approximate surface area is 94.7 Å². The van der Waals surface area contributed by atoms with Crippen LogP contribution in [0.1, 0.15) is 27.2 Å². The van der Waals surface area contributed by atoms with Crippen LogP contribution in [0.4, 0.5) is 0 Å². The van der Waals surface area contributed by atoms with Gasteiger partial charge in [0, 0.05) is 34.9 Å². The van der Waals surface area contributed by atoms with Gasteiger partial charge < -0.3 is 10.6 Å². The average Bonchev–Trinajstić information content (AvgIpc) is 2.13. The van der Waals surface area contributed by atoms with Crippen LogP contribution in [0.5, 0.6) is 0 Å². The van der Waals surface area contributed by atoms with Gasteiger partial charge in [-0.15, -0.1) is 0 Å². The van der Waals surface area contributed by atoms with E-state index in [-0.39, 0.29) is 18.0 Å². The summed E-state index contributed by atoms with van der Waals surface area (Å²) in [6.45, 7) is 6.23. The van der Waals surface area contributed by atoms with Gasteiger partial charge in [-0.1, -0.05) is 6.92 Å². The lowest BCUT2D eigenvalue weighted by Crippen LogP contribution is -2.42. The molecular formula is C10H22N2O2S. The molecule has 3 atom stereocenters. The molecule has 2 N–H and O–H groups in total. The highest BCUT2D eigenvalue weighted by Gasteiger charge is 2.08. The van der Waals surface area contributed by atoms with Gasteiger partial charge in [-0.3, -0.25) is 9.00 Å². The maximum atomic E-state index is 11.4. The molecule has 0 aliphatic rings. The van der Waals surface area contributed by atoms with E-state index in [1.54, 1.807) is 6.26 Å². The summed E-state index contributed by atoms with van der Waals surface area (Å²) in [6, 6.07) is 0.327. The van der Waals surface area contributed by atoms with Gasteiger partial charge in [0.05, 0.1) is 6.54 Å². The minimum atomic E-state index is -0.817. The van der Waals surface area contributed by atoms with E-state index in [2.05, 4.69) is 10.6 Å². The second-order valence-electron chi connectivity index (χ2n) is 3.90. The molecule has 4 nitrogen and oxygen atoms in total. The first-order chi connectivity index (χ1) is 6.95. The maximum absolute atomic E-state index is 11.4. The minimum Gasteiger partial charge on any atom is -0.353 e. The fraction of sp³-hybridized carbons (Fsp3) is 0.900. The van der Waals surface area contributed by atoms with Crippen LogP contribution >= 0.6 is 0 Å². The van der Waals surface area contributed by atoms with Gasteiger partial charge in [0.1, 0.15) is 0 Å². The Morgan fingerprint density at radius 2 is 1.93 bits per heavy atom. The molecule has 0 rings (SSSR count). The van der Waals surface area contributed by atoms with Crippen molar-refractivity contribution in [2.24, 2.45) is 0 Å². The lowest BCUT2D eigenvalue weighted by atomic mass is 10.2. The Morgan fingerprint density at radius 1 is 1.33 bits per heavy atom. The number of nitrogens with one attached hydrogen (secondary N) is 2. The Balaban J connectivity index is 3.66. The van der Waals surface area contributed by atoms with E-state index in [1.807, 2.05) is 20.8 Å². The van der Waals surface area contributed by atoms with E-state index >= 15 is 0 Å². The van der Waals surface area contributed by atoms with Crippen LogP contribution in [0.3, 0.4) is 0 Å². The largest absolute Gasteiger partial charge is 0.353 e. The second kappa shape index (κ2) is 7.82. The summed E-state index contributed by atoms with van der Waals surface area (Å²) in [6.07, 6.45) is 2.59. The molecule has 0 aromatic rings. The van der Waals surface area contributed by atoms with Gasteiger partial charge >= 0.3 is 0 Å². The normalized spacial score (nSPS) is 16.8. The third-order valence-corrected chi connectivity index (χ3v) is 3.08. The van der Waals surface area contributed by atoms with Crippen molar-refractivity contribution in [1.29, 1.82) is 0 Å². The fourth-order valence-electron chi connectivity index (χ4n) is 1.11. The monoisotopic (exact) mass is 234 g/mol. The predicted molar refractivity (Wildman–Crippen MR) is 64.3 cm³/mol. The Kier molecular flexibility index (Phi) is 7.60. The van der Waals surface area contributed by atoms with Crippen LogP contribution in [-0.2, 0) is 15.6 Å². The third-order valence-electron chi connectivity index (χ3n) is 2.12. The van der Waals surface area contributed by atoms with Crippen molar-refractivity contribution in [3.05, 3.63) is 0 Å². The zero-order valence-electron chi connectivity index (χ0n) is 10.0. The molecule has 0 heterocycles. The standard InChI is InChI=1S/C10H22N2O2S/c1-5-8(2)12-10(13)6-11-9(3)7-15(4)14/h8-9,11H,5-7H2,1-4H3,(H,12,13). The van der Waals surface area contributed by atoms with Crippen molar-refractivity contribution >= 4 is 16.7 Å². The van der Waals surface area contributed by atoms with Gasteiger partial charge in [0.25, 0.3) is 0 Å². The molecule has 0 saturated carbocycles. The van der Waals surface area contributed by atoms with Gasteiger partial charge in [0.2, 0.25) is 5.91 Å². The molecule has 0 aliphatic carbocycles. The summed E-state index contributed by atoms with van der Waals surface area (Å²) in [5.74, 6) is 0.578. The molecule has 0 radical (unpaired) electrons. The zero-order valence-corrected chi connectivity index (χ0v) is 10.8. The van der Waals surface area contributed by atoms with Crippen LogP contribution in [-0.4, -0.2) is 40.8 Å². The van der Waals surface area contributed by atoms with E-state index in [0.717, 1.165) is 6.42 Å². The predicted octanol–water partition coefficient (Wildman–Crippen LogP) is 0.258. The first kappa shape index (κ1) is 14.6. The van der Waals surface area contributed by atoms with Crippen LogP contribution < -0.4 is 10.6 Å². The molecule has 0 saturated heterocycles. The quantitative estimate of drug-likeness (QED) is 0.664. The number of carbonyl (C=O) groups is 1. The van der Waals surface area contributed by atoms with Crippen molar-refractivity contribution in [2.75, 3.05) is 18.6 Å². The third kappa shape index (κ3) is 8.57. The molecular weight excluding hydrogens is 212 g/mol. The van der Waals surface area contributed by atoms with E-state index in [0.29, 0.717) is 12.3 Å². The molecule has 0 fully saturated rings. The van der Waals surface area contributed by atoms with E-state index in [4.69, 9.17) is 0 Å². The number of carbonyl (C=O) groups excluding carboxylic acids is 1. The number of hydrogen-bond donors (Lipinski definition) is 2. The van der Waals surface area contributed by atoms with Gasteiger partial charge in [-0.25, -0.2) is 0 Å². The van der Waals surface area contributed by atoms with E-state index < -0.39 is 10.8 Å². The van der Waals surface area contributed by atoms with E-state index in [1.165, 1.54) is 0 Å². The first-order valence-corrected chi connectivity index (χ1v) is 7.01. The molecule has 3 unspecified atom stereocenters. The van der Waals surface area contributed by atoms with Gasteiger partial charge in [-0.05, 0) is 20.3 Å². The number of hydrogen-bond acceptors (Lipinski definition) is 3. The summed E-state index contributed by atoms with van der Waals surface area (Å²) < 4.78 is 10.9. The first-order valence-electron chi connectivity index (χ1n) is 5.28. The molecule has 0 spiro atoms. The second-order valence-corrected chi connectivity index (χ2v) is 5.38. The molecule has 1 amide bonds. The van der Waals surface area contributed by atoms with Gasteiger partial charge in [0.15, 0.2) is 0 Å². The Bertz CT molecular complexity index is 221. The summed E-state index contributed by atoms with van der Waals surface area (Å²) >= 11 is 0. The molecule has 0 aromatic carbocycles. The molecule has 0 bridgehead atoms. The van der Waals surface area contributed by atoms with E-state index in [9.17, 15) is 9.00 Å². The molecule has 5 heteroatoms. The number of rotatable bonds is 7. The summed E-state index contributed by atoms with van der Waals surface area (Å²) in [5.41, 5.74) is 0. The molecule has 0 aliphatic heterocycles. The Morgan fingerprint density at radius 3 is 2.40 bits per heavy atom. The molecule has 90 valence electrons. The summed E-state index contributed by atoms with van der Waals surface area (Å²) in [5, 5.41) is 5.90. The SMILES string of the molecule is CCC(C)NC(=O)CNC(C)CS(C)=O. The number of amides is 1. The maximum Gasteiger partial charge on any atom is 0.234 e. The van der Waals surface area contributed by atoms with Crippen molar-refractivity contribution in [1.82, 2.24) is 10.6 Å². The smallest absolute Gasteiger partial charge is 0.234 e. The lowest BCUT2D eigenvalue weighted by Gasteiger charge is -2.14. The highest BCUT2D eigenvalue weighted by molar-refractivity contribution is 7.84. The fourth-order valence-corrected chi connectivity index (χ4v) is 1.93. The zero-order chi connectivity index (χ0) is 11.8. The van der Waals surface area contributed by atoms with Crippen molar-refractivity contribution < 1.29 is 9.00 Å². The topological polar surface area (TPSA) is 58.2 Å². The van der Waals surface area contributed by atoms with Crippen molar-refractivity contribution in [3.63, 3.8) is 0 Å². The van der Waals surface area contributed by atoms with Crippen LogP contribution in [0.15, 0.2) is 0 Å². The van der Waals surface area contributed by atoms with Gasteiger partial charge in [-0.2, -0.15) is 0 Å². The highest BCUT2D eigenvalue weighted by atomic mass is 32.2. The summed E-state index contributed by atoms with van der Waals surface area (Å²) in [4.78, 5) is 11.4. The average molecular weight is 234 g/mol. The van der Waals surface area contributed by atoms with Crippen LogP contribution in [0.25, 0.3) is 0 Å². The summed E-state index contributed by atoms with van der Waals surface area (Å²) in [7, 11) is -0.817. The Hall–Kier alpha value is -0.420. The highest BCUT2D eigenvalue weighted by Crippen LogP contribution is 1.88. The van der Waals surface area contributed by atoms with Crippen molar-refractivity contribution in [2.45, 2.75) is 39.3 Å². The lowest BCUT2D eigenvalue weighted by molar-refractivity contribution is -0.120. The van der Waals surface area contributed by atoms with Crippen LogP contribution in [0, 0.1) is 0 Å². The molecule has 0 aromatic heterocycles. The minimum absolute atomic E-state index is 0.00177. The van der Waals surface area contributed by atoms with Crippen LogP contribution in [0.2, 0.25) is 0 Å². The van der Waals surface area contributed by atoms with Crippen molar-refractivity contribution in [3.8, 4) is 0 Å².